The lowest BCUT2D eigenvalue weighted by atomic mass is 9.96. The molecule has 5 heteroatoms. The Morgan fingerprint density at radius 2 is 1.96 bits per heavy atom. The highest BCUT2D eigenvalue weighted by Crippen LogP contribution is 2.30. The first kappa shape index (κ1) is 19.2. The Bertz CT molecular complexity index is 787. The monoisotopic (exact) mass is 367 g/mol. The number of nitrogens with zero attached hydrogens (tertiary/aromatic N) is 2. The Kier molecular flexibility index (Phi) is 6.01. The van der Waals surface area contributed by atoms with Crippen LogP contribution in [0.1, 0.15) is 33.9 Å². The largest absolute Gasteiger partial charge is 0.497 e. The molecule has 0 unspecified atom stereocenters. The fourth-order valence-electron chi connectivity index (χ4n) is 3.64. The SMILES string of the molecule is COc1ccc(C(=O)NC[C@H](c2ccc3c(c2)CCCN3C)N(C)C)cc1. The summed E-state index contributed by atoms with van der Waals surface area (Å²) in [5, 5.41) is 3.07. The number of carbonyl (C=O) groups excluding carboxylic acids is 1. The molecule has 0 saturated heterocycles. The Morgan fingerprint density at radius 1 is 1.22 bits per heavy atom. The summed E-state index contributed by atoms with van der Waals surface area (Å²) in [6.07, 6.45) is 2.31. The molecule has 0 spiro atoms. The summed E-state index contributed by atoms with van der Waals surface area (Å²) in [6, 6.07) is 14.0. The molecule has 0 aliphatic carbocycles. The summed E-state index contributed by atoms with van der Waals surface area (Å²) in [5.74, 6) is 0.680. The lowest BCUT2D eigenvalue weighted by Gasteiger charge is -2.30. The number of hydrogen-bond donors (Lipinski definition) is 1. The third-order valence-electron chi connectivity index (χ3n) is 5.27. The van der Waals surface area contributed by atoms with Crippen LogP contribution in [0.4, 0.5) is 5.69 Å². The van der Waals surface area contributed by atoms with Crippen molar-refractivity contribution in [3.8, 4) is 5.75 Å². The molecule has 3 rings (SSSR count). The molecule has 0 radical (unpaired) electrons. The first-order chi connectivity index (χ1) is 13.0. The van der Waals surface area contributed by atoms with Crippen molar-refractivity contribution in [1.82, 2.24) is 10.2 Å². The molecule has 1 amide bonds. The van der Waals surface area contributed by atoms with Crippen molar-refractivity contribution in [2.45, 2.75) is 18.9 Å². The van der Waals surface area contributed by atoms with Crippen molar-refractivity contribution in [1.29, 1.82) is 0 Å². The van der Waals surface area contributed by atoms with Crippen molar-refractivity contribution < 1.29 is 9.53 Å². The molecule has 144 valence electrons. The number of amides is 1. The van der Waals surface area contributed by atoms with Crippen LogP contribution in [0.3, 0.4) is 0 Å². The van der Waals surface area contributed by atoms with Crippen molar-refractivity contribution in [3.05, 3.63) is 59.2 Å². The van der Waals surface area contributed by atoms with E-state index in [0.717, 1.165) is 18.7 Å². The van der Waals surface area contributed by atoms with E-state index < -0.39 is 0 Å². The highest BCUT2D eigenvalue weighted by Gasteiger charge is 2.20. The molecular formula is C22H29N3O2. The van der Waals surface area contributed by atoms with Crippen LogP contribution in [0.5, 0.6) is 5.75 Å². The standard InChI is InChI=1S/C22H29N3O2/c1-24(2)21(15-23-22(26)16-7-10-19(27-4)11-8-16)18-9-12-20-17(14-18)6-5-13-25(20)3/h7-12,14,21H,5-6,13,15H2,1-4H3,(H,23,26)/t21-/m1/s1. The van der Waals surface area contributed by atoms with Gasteiger partial charge in [-0.2, -0.15) is 0 Å². The van der Waals surface area contributed by atoms with E-state index in [1.165, 1.54) is 23.2 Å². The number of carbonyl (C=O) groups is 1. The van der Waals surface area contributed by atoms with Crippen molar-refractivity contribution in [3.63, 3.8) is 0 Å². The van der Waals surface area contributed by atoms with E-state index in [2.05, 4.69) is 54.5 Å². The lowest BCUT2D eigenvalue weighted by Crippen LogP contribution is -2.34. The predicted molar refractivity (Wildman–Crippen MR) is 110 cm³/mol. The second kappa shape index (κ2) is 8.44. The van der Waals surface area contributed by atoms with Crippen LogP contribution in [-0.2, 0) is 6.42 Å². The first-order valence-electron chi connectivity index (χ1n) is 9.42. The first-order valence-corrected chi connectivity index (χ1v) is 9.42. The van der Waals surface area contributed by atoms with Crippen LogP contribution < -0.4 is 15.0 Å². The normalized spacial score (nSPS) is 14.6. The summed E-state index contributed by atoms with van der Waals surface area (Å²) in [5.41, 5.74) is 4.60. The third kappa shape index (κ3) is 4.42. The van der Waals surface area contributed by atoms with Gasteiger partial charge in [0.1, 0.15) is 5.75 Å². The van der Waals surface area contributed by atoms with Gasteiger partial charge in [-0.15, -0.1) is 0 Å². The molecule has 0 saturated carbocycles. The molecule has 0 fully saturated rings. The number of likely N-dealkylation sites (N-methyl/N-ethyl adjacent to an activating group) is 1. The van der Waals surface area contributed by atoms with Gasteiger partial charge in [-0.1, -0.05) is 12.1 Å². The van der Waals surface area contributed by atoms with Gasteiger partial charge >= 0.3 is 0 Å². The molecule has 0 bridgehead atoms. The van der Waals surface area contributed by atoms with Gasteiger partial charge in [0.15, 0.2) is 0 Å². The molecular weight excluding hydrogens is 338 g/mol. The minimum Gasteiger partial charge on any atom is -0.497 e. The maximum atomic E-state index is 12.5. The highest BCUT2D eigenvalue weighted by atomic mass is 16.5. The summed E-state index contributed by atoms with van der Waals surface area (Å²) in [4.78, 5) is 17.0. The van der Waals surface area contributed by atoms with E-state index in [-0.39, 0.29) is 11.9 Å². The van der Waals surface area contributed by atoms with E-state index in [9.17, 15) is 4.79 Å². The molecule has 2 aromatic carbocycles. The smallest absolute Gasteiger partial charge is 0.251 e. The summed E-state index contributed by atoms with van der Waals surface area (Å²) in [6.45, 7) is 1.67. The molecule has 1 aliphatic rings. The van der Waals surface area contributed by atoms with Gasteiger partial charge in [-0.3, -0.25) is 4.79 Å². The number of rotatable bonds is 6. The van der Waals surface area contributed by atoms with Gasteiger partial charge < -0.3 is 19.9 Å². The second-order valence-electron chi connectivity index (χ2n) is 7.33. The Labute approximate surface area is 161 Å². The van der Waals surface area contributed by atoms with Gasteiger partial charge in [0.25, 0.3) is 5.91 Å². The molecule has 0 aromatic heterocycles. The molecule has 1 heterocycles. The summed E-state index contributed by atoms with van der Waals surface area (Å²) < 4.78 is 5.15. The molecule has 1 atom stereocenters. The molecule has 1 N–H and O–H groups in total. The number of fused-ring (bicyclic) bond motifs is 1. The van der Waals surface area contributed by atoms with E-state index in [1.54, 1.807) is 31.4 Å². The second-order valence-corrected chi connectivity index (χ2v) is 7.33. The van der Waals surface area contributed by atoms with E-state index >= 15 is 0 Å². The molecule has 27 heavy (non-hydrogen) atoms. The number of hydrogen-bond acceptors (Lipinski definition) is 4. The average molecular weight is 367 g/mol. The van der Waals surface area contributed by atoms with Crippen molar-refractivity contribution >= 4 is 11.6 Å². The molecule has 2 aromatic rings. The van der Waals surface area contributed by atoms with E-state index in [4.69, 9.17) is 4.74 Å². The number of anilines is 1. The quantitative estimate of drug-likeness (QED) is 0.852. The summed E-state index contributed by atoms with van der Waals surface area (Å²) in [7, 11) is 7.87. The number of nitrogens with one attached hydrogen (secondary N) is 1. The Morgan fingerprint density at radius 3 is 2.63 bits per heavy atom. The Balaban J connectivity index is 1.71. The van der Waals surface area contributed by atoms with Crippen LogP contribution in [-0.4, -0.2) is 52.1 Å². The fourth-order valence-corrected chi connectivity index (χ4v) is 3.64. The van der Waals surface area contributed by atoms with Gasteiger partial charge in [0.2, 0.25) is 0 Å². The van der Waals surface area contributed by atoms with E-state index in [0.29, 0.717) is 12.1 Å². The number of ether oxygens (including phenoxy) is 1. The average Bonchev–Trinajstić information content (AvgIpc) is 2.68. The lowest BCUT2D eigenvalue weighted by molar-refractivity contribution is 0.0942. The maximum absolute atomic E-state index is 12.5. The fraction of sp³-hybridized carbons (Fsp3) is 0.409. The zero-order chi connectivity index (χ0) is 19.4. The Hall–Kier alpha value is -2.53. The minimum atomic E-state index is -0.0674. The predicted octanol–water partition coefficient (Wildman–Crippen LogP) is 3.11. The number of methoxy groups -OCH3 is 1. The third-order valence-corrected chi connectivity index (χ3v) is 5.27. The highest BCUT2D eigenvalue weighted by molar-refractivity contribution is 5.94. The minimum absolute atomic E-state index is 0.0674. The van der Waals surface area contributed by atoms with Gasteiger partial charge in [-0.05, 0) is 68.4 Å². The van der Waals surface area contributed by atoms with Crippen LogP contribution in [0.2, 0.25) is 0 Å². The zero-order valence-electron chi connectivity index (χ0n) is 16.7. The topological polar surface area (TPSA) is 44.8 Å². The van der Waals surface area contributed by atoms with Crippen LogP contribution in [0.15, 0.2) is 42.5 Å². The van der Waals surface area contributed by atoms with Crippen LogP contribution in [0.25, 0.3) is 0 Å². The van der Waals surface area contributed by atoms with Crippen LogP contribution in [0, 0.1) is 0 Å². The number of aryl methyl sites for hydroxylation is 1. The van der Waals surface area contributed by atoms with E-state index in [1.807, 2.05) is 0 Å². The maximum Gasteiger partial charge on any atom is 0.251 e. The number of benzene rings is 2. The van der Waals surface area contributed by atoms with Crippen LogP contribution >= 0.6 is 0 Å². The molecule has 5 nitrogen and oxygen atoms in total. The van der Waals surface area contributed by atoms with Gasteiger partial charge in [-0.25, -0.2) is 0 Å². The van der Waals surface area contributed by atoms with Crippen molar-refractivity contribution in [2.75, 3.05) is 46.2 Å². The summed E-state index contributed by atoms with van der Waals surface area (Å²) >= 11 is 0. The zero-order valence-corrected chi connectivity index (χ0v) is 16.7. The van der Waals surface area contributed by atoms with Gasteiger partial charge in [0, 0.05) is 31.4 Å². The molecule has 1 aliphatic heterocycles. The van der Waals surface area contributed by atoms with Gasteiger partial charge in [0.05, 0.1) is 13.2 Å². The van der Waals surface area contributed by atoms with Crippen molar-refractivity contribution in [2.24, 2.45) is 0 Å².